The van der Waals surface area contributed by atoms with E-state index < -0.39 is 0 Å². The molecule has 0 saturated heterocycles. The molecule has 0 saturated carbocycles. The third-order valence-electron chi connectivity index (χ3n) is 2.65. The number of pyridine rings is 1. The first kappa shape index (κ1) is 11.0. The van der Waals surface area contributed by atoms with Crippen molar-refractivity contribution in [1.82, 2.24) is 9.66 Å². The minimum atomic E-state index is 0.733. The number of aromatic nitrogens is 2. The quantitative estimate of drug-likeness (QED) is 0.644. The van der Waals surface area contributed by atoms with Gasteiger partial charge in [0, 0.05) is 34.6 Å². The Kier molecular flexibility index (Phi) is 2.82. The Balaban J connectivity index is 1.98. The Bertz CT molecular complexity index is 701. The van der Waals surface area contributed by atoms with Crippen LogP contribution in [0, 0.1) is 0 Å². The molecule has 0 aliphatic rings. The van der Waals surface area contributed by atoms with E-state index in [1.807, 2.05) is 47.3 Å². The first-order chi connectivity index (χ1) is 8.83. The lowest BCUT2D eigenvalue weighted by Crippen LogP contribution is -1.89. The van der Waals surface area contributed by atoms with Gasteiger partial charge in [-0.25, -0.2) is 4.68 Å². The molecule has 2 heterocycles. The Labute approximate surface area is 109 Å². The number of nitrogens with zero attached hydrogens (tertiary/aromatic N) is 3. The van der Waals surface area contributed by atoms with Crippen molar-refractivity contribution >= 4 is 28.7 Å². The number of fused-ring (bicyclic) bond motifs is 1. The van der Waals surface area contributed by atoms with Gasteiger partial charge in [-0.15, -0.1) is 0 Å². The SMILES string of the molecule is Clc1ccc2c(ccn2/N=C/c2cccnc2)c1. The zero-order chi connectivity index (χ0) is 12.4. The fourth-order valence-corrected chi connectivity index (χ4v) is 1.96. The summed E-state index contributed by atoms with van der Waals surface area (Å²) >= 11 is 5.94. The molecule has 0 fully saturated rings. The molecule has 0 unspecified atom stereocenters. The van der Waals surface area contributed by atoms with E-state index in [9.17, 15) is 0 Å². The maximum absolute atomic E-state index is 5.94. The van der Waals surface area contributed by atoms with Crippen LogP contribution in [0.2, 0.25) is 5.02 Å². The highest BCUT2D eigenvalue weighted by molar-refractivity contribution is 6.31. The minimum absolute atomic E-state index is 0.733. The van der Waals surface area contributed by atoms with E-state index in [0.29, 0.717) is 0 Å². The molecular formula is C14H10ClN3. The second-order valence-electron chi connectivity index (χ2n) is 3.89. The summed E-state index contributed by atoms with van der Waals surface area (Å²) in [7, 11) is 0. The summed E-state index contributed by atoms with van der Waals surface area (Å²) < 4.78 is 1.82. The molecule has 3 nitrogen and oxygen atoms in total. The van der Waals surface area contributed by atoms with Gasteiger partial charge in [0.1, 0.15) is 0 Å². The van der Waals surface area contributed by atoms with Gasteiger partial charge in [-0.05, 0) is 30.3 Å². The van der Waals surface area contributed by atoms with Crippen molar-refractivity contribution in [2.75, 3.05) is 0 Å². The highest BCUT2D eigenvalue weighted by atomic mass is 35.5. The molecule has 0 aliphatic carbocycles. The van der Waals surface area contributed by atoms with E-state index in [0.717, 1.165) is 21.5 Å². The molecule has 18 heavy (non-hydrogen) atoms. The third kappa shape index (κ3) is 2.13. The molecular weight excluding hydrogens is 246 g/mol. The summed E-state index contributed by atoms with van der Waals surface area (Å²) in [5.41, 5.74) is 1.99. The lowest BCUT2D eigenvalue weighted by Gasteiger charge is -1.97. The van der Waals surface area contributed by atoms with Crippen LogP contribution in [0.25, 0.3) is 10.9 Å². The summed E-state index contributed by atoms with van der Waals surface area (Å²) in [5.74, 6) is 0. The van der Waals surface area contributed by atoms with Gasteiger partial charge >= 0.3 is 0 Å². The zero-order valence-corrected chi connectivity index (χ0v) is 10.2. The van der Waals surface area contributed by atoms with Crippen LogP contribution >= 0.6 is 11.6 Å². The monoisotopic (exact) mass is 255 g/mol. The van der Waals surface area contributed by atoms with Gasteiger partial charge in [0.15, 0.2) is 0 Å². The molecule has 0 bridgehead atoms. The molecule has 0 aliphatic heterocycles. The molecule has 0 atom stereocenters. The Hall–Kier alpha value is -2.13. The van der Waals surface area contributed by atoms with Crippen LogP contribution in [0.4, 0.5) is 0 Å². The van der Waals surface area contributed by atoms with Crippen molar-refractivity contribution in [3.05, 3.63) is 65.6 Å². The number of rotatable bonds is 2. The topological polar surface area (TPSA) is 30.2 Å². The normalized spacial score (nSPS) is 11.4. The summed E-state index contributed by atoms with van der Waals surface area (Å²) in [4.78, 5) is 4.04. The van der Waals surface area contributed by atoms with Crippen LogP contribution in [0.15, 0.2) is 60.1 Å². The van der Waals surface area contributed by atoms with E-state index in [2.05, 4.69) is 10.1 Å². The Morgan fingerprint density at radius 2 is 2.17 bits per heavy atom. The molecule has 2 aromatic heterocycles. The van der Waals surface area contributed by atoms with E-state index in [-0.39, 0.29) is 0 Å². The molecule has 88 valence electrons. The Morgan fingerprint density at radius 3 is 3.00 bits per heavy atom. The standard InChI is InChI=1S/C14H10ClN3/c15-13-3-4-14-12(8-13)5-7-18(14)17-10-11-2-1-6-16-9-11/h1-10H/b17-10+. The second-order valence-corrected chi connectivity index (χ2v) is 4.33. The molecule has 4 heteroatoms. The number of hydrogen-bond acceptors (Lipinski definition) is 2. The van der Waals surface area contributed by atoms with E-state index in [1.165, 1.54) is 0 Å². The number of benzene rings is 1. The molecule has 0 amide bonds. The van der Waals surface area contributed by atoms with Crippen LogP contribution in [-0.2, 0) is 0 Å². The lowest BCUT2D eigenvalue weighted by molar-refractivity contribution is 0.933. The van der Waals surface area contributed by atoms with Crippen LogP contribution in [0.3, 0.4) is 0 Å². The average molecular weight is 256 g/mol. The third-order valence-corrected chi connectivity index (χ3v) is 2.88. The van der Waals surface area contributed by atoms with Crippen molar-refractivity contribution in [2.24, 2.45) is 5.10 Å². The van der Waals surface area contributed by atoms with Gasteiger partial charge in [0.25, 0.3) is 0 Å². The van der Waals surface area contributed by atoms with Crippen LogP contribution in [0.1, 0.15) is 5.56 Å². The highest BCUT2D eigenvalue weighted by Crippen LogP contribution is 2.20. The van der Waals surface area contributed by atoms with Gasteiger partial charge < -0.3 is 0 Å². The van der Waals surface area contributed by atoms with Crippen molar-refractivity contribution in [1.29, 1.82) is 0 Å². The van der Waals surface area contributed by atoms with E-state index >= 15 is 0 Å². The fourth-order valence-electron chi connectivity index (χ4n) is 1.78. The van der Waals surface area contributed by atoms with Gasteiger partial charge in [0.2, 0.25) is 0 Å². The van der Waals surface area contributed by atoms with Crippen molar-refractivity contribution in [3.63, 3.8) is 0 Å². The number of halogens is 1. The molecule has 0 spiro atoms. The highest BCUT2D eigenvalue weighted by Gasteiger charge is 1.99. The largest absolute Gasteiger partial charge is 0.264 e. The molecule has 0 radical (unpaired) electrons. The smallest absolute Gasteiger partial charge is 0.0719 e. The summed E-state index contributed by atoms with van der Waals surface area (Å²) in [6.07, 6.45) is 7.20. The van der Waals surface area contributed by atoms with Gasteiger partial charge in [0.05, 0.1) is 11.7 Å². The summed E-state index contributed by atoms with van der Waals surface area (Å²) in [6.45, 7) is 0. The first-order valence-electron chi connectivity index (χ1n) is 5.54. The molecule has 3 rings (SSSR count). The van der Waals surface area contributed by atoms with Crippen LogP contribution < -0.4 is 0 Å². The fraction of sp³-hybridized carbons (Fsp3) is 0. The van der Waals surface area contributed by atoms with Gasteiger partial charge in [-0.2, -0.15) is 5.10 Å². The average Bonchev–Trinajstić information content (AvgIpc) is 2.80. The first-order valence-corrected chi connectivity index (χ1v) is 5.92. The van der Waals surface area contributed by atoms with E-state index in [1.54, 1.807) is 18.6 Å². The summed E-state index contributed by atoms with van der Waals surface area (Å²) in [5, 5.41) is 6.21. The second kappa shape index (κ2) is 4.63. The van der Waals surface area contributed by atoms with Crippen molar-refractivity contribution in [2.45, 2.75) is 0 Å². The van der Waals surface area contributed by atoms with E-state index in [4.69, 9.17) is 11.6 Å². The maximum Gasteiger partial charge on any atom is 0.0719 e. The molecule has 0 N–H and O–H groups in total. The van der Waals surface area contributed by atoms with Crippen LogP contribution in [-0.4, -0.2) is 15.9 Å². The van der Waals surface area contributed by atoms with Crippen molar-refractivity contribution in [3.8, 4) is 0 Å². The summed E-state index contributed by atoms with van der Waals surface area (Å²) in [6, 6.07) is 11.6. The number of hydrogen-bond donors (Lipinski definition) is 0. The van der Waals surface area contributed by atoms with Crippen molar-refractivity contribution < 1.29 is 0 Å². The predicted octanol–water partition coefficient (Wildman–Crippen LogP) is 3.57. The maximum atomic E-state index is 5.94. The zero-order valence-electron chi connectivity index (χ0n) is 9.49. The van der Waals surface area contributed by atoms with Gasteiger partial charge in [-0.1, -0.05) is 17.7 Å². The predicted molar refractivity (Wildman–Crippen MR) is 74.2 cm³/mol. The Morgan fingerprint density at radius 1 is 1.22 bits per heavy atom. The lowest BCUT2D eigenvalue weighted by atomic mass is 10.2. The van der Waals surface area contributed by atoms with Gasteiger partial charge in [-0.3, -0.25) is 4.98 Å². The molecule has 1 aromatic carbocycles. The van der Waals surface area contributed by atoms with Crippen LogP contribution in [0.5, 0.6) is 0 Å². The minimum Gasteiger partial charge on any atom is -0.264 e. The molecule has 3 aromatic rings.